The maximum absolute atomic E-state index is 12.9. The van der Waals surface area contributed by atoms with Crippen LogP contribution in [-0.4, -0.2) is 24.9 Å². The lowest BCUT2D eigenvalue weighted by Crippen LogP contribution is -2.34. The number of halogens is 3. The van der Waals surface area contributed by atoms with Gasteiger partial charge in [0.2, 0.25) is 11.8 Å². The number of hydrogen-bond acceptors (Lipinski definition) is 2. The van der Waals surface area contributed by atoms with E-state index in [1.807, 2.05) is 0 Å². The zero-order valence-electron chi connectivity index (χ0n) is 14.3. The molecule has 0 bridgehead atoms. The first-order valence-electron chi connectivity index (χ1n) is 8.11. The number of nitrogens with zero attached hydrogens (tertiary/aromatic N) is 1. The fourth-order valence-electron chi connectivity index (χ4n) is 2.44. The van der Waals surface area contributed by atoms with Crippen LogP contribution in [0.3, 0.4) is 0 Å². The van der Waals surface area contributed by atoms with Gasteiger partial charge in [-0.05, 0) is 42.3 Å². The first kappa shape index (κ1) is 20.2. The van der Waals surface area contributed by atoms with Gasteiger partial charge in [0.25, 0.3) is 0 Å². The number of anilines is 1. The van der Waals surface area contributed by atoms with Crippen molar-refractivity contribution in [3.8, 4) is 0 Å². The molecular formula is C19H19Cl2FN2O2. The lowest BCUT2D eigenvalue weighted by atomic mass is 10.1. The number of hydrogen-bond donors (Lipinski definition) is 1. The molecule has 0 saturated heterocycles. The Bertz CT molecular complexity index is 782. The summed E-state index contributed by atoms with van der Waals surface area (Å²) in [6, 6.07) is 11.0. The largest absolute Gasteiger partial charge is 0.356 e. The van der Waals surface area contributed by atoms with Crippen molar-refractivity contribution in [2.45, 2.75) is 19.8 Å². The Hall–Kier alpha value is -2.11. The summed E-state index contributed by atoms with van der Waals surface area (Å²) in [5.74, 6) is -0.702. The average Bonchev–Trinajstić information content (AvgIpc) is 2.59. The van der Waals surface area contributed by atoms with Gasteiger partial charge in [-0.15, -0.1) is 0 Å². The molecule has 2 rings (SSSR count). The highest BCUT2D eigenvalue weighted by Gasteiger charge is 2.16. The molecule has 0 fully saturated rings. The van der Waals surface area contributed by atoms with Crippen LogP contribution in [0, 0.1) is 5.82 Å². The Morgan fingerprint density at radius 2 is 1.81 bits per heavy atom. The fraction of sp³-hybridized carbons (Fsp3) is 0.263. The number of rotatable bonds is 7. The first-order valence-corrected chi connectivity index (χ1v) is 8.86. The van der Waals surface area contributed by atoms with Crippen molar-refractivity contribution in [2.75, 3.05) is 18.0 Å². The van der Waals surface area contributed by atoms with Gasteiger partial charge in [-0.2, -0.15) is 0 Å². The second kappa shape index (κ2) is 9.55. The minimum atomic E-state index is -0.290. The number of carbonyl (C=O) groups is 2. The summed E-state index contributed by atoms with van der Waals surface area (Å²) in [6.07, 6.45) is 0.731. The van der Waals surface area contributed by atoms with Crippen molar-refractivity contribution in [1.29, 1.82) is 0 Å². The van der Waals surface area contributed by atoms with E-state index in [2.05, 4.69) is 5.32 Å². The van der Waals surface area contributed by atoms with E-state index < -0.39 is 0 Å². The smallest absolute Gasteiger partial charge is 0.223 e. The summed E-state index contributed by atoms with van der Waals surface area (Å²) in [7, 11) is 0. The van der Waals surface area contributed by atoms with Crippen LogP contribution in [-0.2, 0) is 16.0 Å². The van der Waals surface area contributed by atoms with E-state index in [-0.39, 0.29) is 30.6 Å². The molecule has 2 aromatic rings. The molecule has 0 saturated carbocycles. The van der Waals surface area contributed by atoms with Crippen LogP contribution in [0.4, 0.5) is 10.1 Å². The van der Waals surface area contributed by atoms with Crippen molar-refractivity contribution >= 4 is 40.7 Å². The van der Waals surface area contributed by atoms with Gasteiger partial charge in [-0.3, -0.25) is 9.59 Å². The maximum Gasteiger partial charge on any atom is 0.223 e. The van der Waals surface area contributed by atoms with Crippen LogP contribution in [0.15, 0.2) is 42.5 Å². The summed E-state index contributed by atoms with van der Waals surface area (Å²) in [6.45, 7) is 2.03. The van der Waals surface area contributed by atoms with E-state index >= 15 is 0 Å². The third-order valence-electron chi connectivity index (χ3n) is 3.79. The van der Waals surface area contributed by atoms with Crippen LogP contribution in [0.25, 0.3) is 0 Å². The number of carbonyl (C=O) groups excluding carboxylic acids is 2. The summed E-state index contributed by atoms with van der Waals surface area (Å²) in [5.41, 5.74) is 1.41. The second-order valence-corrected chi connectivity index (χ2v) is 6.59. The van der Waals surface area contributed by atoms with Gasteiger partial charge in [-0.1, -0.05) is 35.3 Å². The quantitative estimate of drug-likeness (QED) is 0.760. The number of amides is 2. The zero-order valence-corrected chi connectivity index (χ0v) is 15.8. The molecule has 0 heterocycles. The van der Waals surface area contributed by atoms with Crippen LogP contribution < -0.4 is 10.2 Å². The second-order valence-electron chi connectivity index (χ2n) is 5.74. The van der Waals surface area contributed by atoms with Gasteiger partial charge in [0, 0.05) is 31.5 Å². The molecule has 0 aromatic heterocycles. The lowest BCUT2D eigenvalue weighted by molar-refractivity contribution is -0.121. The van der Waals surface area contributed by atoms with Crippen LogP contribution >= 0.6 is 23.2 Å². The Balaban J connectivity index is 1.86. The first-order chi connectivity index (χ1) is 12.4. The number of nitrogens with one attached hydrogen (secondary N) is 1. The van der Waals surface area contributed by atoms with Crippen LogP contribution in [0.5, 0.6) is 0 Å². The van der Waals surface area contributed by atoms with Crippen LogP contribution in [0.2, 0.25) is 10.0 Å². The van der Waals surface area contributed by atoms with E-state index in [4.69, 9.17) is 23.2 Å². The molecule has 0 radical (unpaired) electrons. The third kappa shape index (κ3) is 6.00. The minimum absolute atomic E-state index is 0.131. The summed E-state index contributed by atoms with van der Waals surface area (Å²) >= 11 is 12.1. The standard InChI is InChI=1S/C19H19Cl2FN2O2/c1-13(25)24(18-12-15(20)4-7-17(18)21)11-9-19(26)23-10-8-14-2-5-16(22)6-3-14/h2-7,12H,8-11H2,1H3,(H,23,26). The van der Waals surface area contributed by atoms with Crippen molar-refractivity contribution in [3.63, 3.8) is 0 Å². The highest BCUT2D eigenvalue weighted by Crippen LogP contribution is 2.29. The molecule has 138 valence electrons. The highest BCUT2D eigenvalue weighted by molar-refractivity contribution is 6.35. The Morgan fingerprint density at radius 3 is 2.46 bits per heavy atom. The Morgan fingerprint density at radius 1 is 1.12 bits per heavy atom. The van der Waals surface area contributed by atoms with E-state index in [1.165, 1.54) is 24.0 Å². The monoisotopic (exact) mass is 396 g/mol. The predicted molar refractivity (Wildman–Crippen MR) is 102 cm³/mol. The van der Waals surface area contributed by atoms with E-state index in [0.29, 0.717) is 28.7 Å². The summed E-state index contributed by atoms with van der Waals surface area (Å²) < 4.78 is 12.9. The van der Waals surface area contributed by atoms with E-state index in [0.717, 1.165) is 5.56 Å². The molecule has 7 heteroatoms. The molecule has 26 heavy (non-hydrogen) atoms. The topological polar surface area (TPSA) is 49.4 Å². The fourth-order valence-corrected chi connectivity index (χ4v) is 2.83. The minimum Gasteiger partial charge on any atom is -0.356 e. The Labute approximate surface area is 161 Å². The molecule has 0 aliphatic heterocycles. The van der Waals surface area contributed by atoms with E-state index in [1.54, 1.807) is 30.3 Å². The molecular weight excluding hydrogens is 378 g/mol. The van der Waals surface area contributed by atoms with Gasteiger partial charge in [0.15, 0.2) is 0 Å². The van der Waals surface area contributed by atoms with Crippen LogP contribution in [0.1, 0.15) is 18.9 Å². The molecule has 2 aromatic carbocycles. The molecule has 0 atom stereocenters. The molecule has 0 aliphatic carbocycles. The summed E-state index contributed by atoms with van der Waals surface area (Å²) in [4.78, 5) is 25.4. The predicted octanol–water partition coefficient (Wildman–Crippen LogP) is 4.23. The van der Waals surface area contributed by atoms with Gasteiger partial charge in [0.1, 0.15) is 5.82 Å². The van der Waals surface area contributed by atoms with Crippen molar-refractivity contribution in [3.05, 3.63) is 63.9 Å². The molecule has 0 spiro atoms. The molecule has 1 N–H and O–H groups in total. The lowest BCUT2D eigenvalue weighted by Gasteiger charge is -2.22. The van der Waals surface area contributed by atoms with Gasteiger partial charge < -0.3 is 10.2 Å². The maximum atomic E-state index is 12.9. The zero-order chi connectivity index (χ0) is 19.1. The third-order valence-corrected chi connectivity index (χ3v) is 4.35. The van der Waals surface area contributed by atoms with Gasteiger partial charge in [-0.25, -0.2) is 4.39 Å². The average molecular weight is 397 g/mol. The SMILES string of the molecule is CC(=O)N(CCC(=O)NCCc1ccc(F)cc1)c1cc(Cl)ccc1Cl. The molecule has 4 nitrogen and oxygen atoms in total. The van der Waals surface area contributed by atoms with Crippen molar-refractivity contribution in [1.82, 2.24) is 5.32 Å². The van der Waals surface area contributed by atoms with Gasteiger partial charge >= 0.3 is 0 Å². The van der Waals surface area contributed by atoms with Crippen molar-refractivity contribution in [2.24, 2.45) is 0 Å². The Kier molecular flexibility index (Phi) is 7.42. The molecule has 2 amide bonds. The summed E-state index contributed by atoms with van der Waals surface area (Å²) in [5, 5.41) is 3.64. The highest BCUT2D eigenvalue weighted by atomic mass is 35.5. The van der Waals surface area contributed by atoms with Crippen molar-refractivity contribution < 1.29 is 14.0 Å². The normalized spacial score (nSPS) is 10.5. The molecule has 0 unspecified atom stereocenters. The molecule has 0 aliphatic rings. The van der Waals surface area contributed by atoms with E-state index in [9.17, 15) is 14.0 Å². The number of benzene rings is 2. The van der Waals surface area contributed by atoms with Gasteiger partial charge in [0.05, 0.1) is 10.7 Å².